The Kier molecular flexibility index (Phi) is 8.03. The smallest absolute Gasteiger partial charge is 0.244 e. The molecule has 2 amide bonds. The third-order valence-electron chi connectivity index (χ3n) is 5.94. The van der Waals surface area contributed by atoms with Gasteiger partial charge in [-0.1, -0.05) is 67.6 Å². The van der Waals surface area contributed by atoms with Gasteiger partial charge in [0.2, 0.25) is 11.8 Å². The fraction of sp³-hybridized carbons (Fsp3) is 0.440. The summed E-state index contributed by atoms with van der Waals surface area (Å²) >= 11 is 0. The summed E-state index contributed by atoms with van der Waals surface area (Å²) in [6, 6.07) is 20.0. The Labute approximate surface area is 180 Å². The molecule has 1 unspecified atom stereocenters. The molecule has 5 nitrogen and oxygen atoms in total. The van der Waals surface area contributed by atoms with Crippen molar-refractivity contribution in [2.24, 2.45) is 0 Å². The Hall–Kier alpha value is -2.66. The molecule has 5 heteroatoms. The molecule has 1 aliphatic heterocycles. The number of carbonyl (C=O) groups is 2. The number of amides is 2. The van der Waals surface area contributed by atoms with Crippen LogP contribution >= 0.6 is 0 Å². The lowest BCUT2D eigenvalue weighted by Crippen LogP contribution is -2.49. The first-order chi connectivity index (χ1) is 14.6. The molecule has 1 saturated heterocycles. The number of nitrogens with one attached hydrogen (secondary N) is 1. The molecule has 1 heterocycles. The average molecular weight is 408 g/mol. The topological polar surface area (TPSA) is 52.7 Å². The molecule has 1 atom stereocenters. The highest BCUT2D eigenvalue weighted by molar-refractivity contribution is 5.83. The molecule has 160 valence electrons. The van der Waals surface area contributed by atoms with Crippen LogP contribution in [-0.4, -0.2) is 54.3 Å². The van der Waals surface area contributed by atoms with E-state index in [1.165, 1.54) is 5.56 Å². The first-order valence-corrected chi connectivity index (χ1v) is 11.0. The van der Waals surface area contributed by atoms with Gasteiger partial charge < -0.3 is 10.2 Å². The molecule has 0 radical (unpaired) electrons. The van der Waals surface area contributed by atoms with Crippen molar-refractivity contribution in [1.82, 2.24) is 15.1 Å². The fourth-order valence-electron chi connectivity index (χ4n) is 4.02. The highest BCUT2D eigenvalue weighted by Crippen LogP contribution is 2.24. The van der Waals surface area contributed by atoms with Crippen LogP contribution in [0.2, 0.25) is 0 Å². The SMILES string of the molecule is CCN(C)C(C(=O)N1CCC(NC(=O)CCc2ccccc2)CC1)c1ccccc1. The Bertz CT molecular complexity index is 802. The van der Waals surface area contributed by atoms with E-state index >= 15 is 0 Å². The lowest BCUT2D eigenvalue weighted by molar-refractivity contribution is -0.138. The minimum absolute atomic E-state index is 0.0940. The van der Waals surface area contributed by atoms with E-state index in [1.54, 1.807) is 0 Å². The fourth-order valence-corrected chi connectivity index (χ4v) is 4.02. The van der Waals surface area contributed by atoms with Gasteiger partial charge in [-0.25, -0.2) is 0 Å². The number of nitrogens with zero attached hydrogens (tertiary/aromatic N) is 2. The van der Waals surface area contributed by atoms with Crippen molar-refractivity contribution < 1.29 is 9.59 Å². The van der Waals surface area contributed by atoms with Crippen molar-refractivity contribution in [3.8, 4) is 0 Å². The molecule has 0 aliphatic carbocycles. The van der Waals surface area contributed by atoms with Crippen molar-refractivity contribution >= 4 is 11.8 Å². The summed E-state index contributed by atoms with van der Waals surface area (Å²) in [5.41, 5.74) is 2.21. The summed E-state index contributed by atoms with van der Waals surface area (Å²) in [6.45, 7) is 4.24. The van der Waals surface area contributed by atoms with Crippen LogP contribution in [0.25, 0.3) is 0 Å². The highest BCUT2D eigenvalue weighted by Gasteiger charge is 2.31. The van der Waals surface area contributed by atoms with Crippen LogP contribution in [0, 0.1) is 0 Å². The number of benzene rings is 2. The molecule has 2 aromatic rings. The van der Waals surface area contributed by atoms with Crippen molar-refractivity contribution in [2.45, 2.75) is 44.7 Å². The molecule has 1 fully saturated rings. The van der Waals surface area contributed by atoms with Crippen LogP contribution in [-0.2, 0) is 16.0 Å². The Morgan fingerprint density at radius 3 is 2.23 bits per heavy atom. The lowest BCUT2D eigenvalue weighted by atomic mass is 10.00. The molecule has 0 spiro atoms. The van der Waals surface area contributed by atoms with E-state index in [0.717, 1.165) is 31.4 Å². The maximum absolute atomic E-state index is 13.3. The number of hydrogen-bond acceptors (Lipinski definition) is 3. The van der Waals surface area contributed by atoms with Gasteiger partial charge >= 0.3 is 0 Å². The van der Waals surface area contributed by atoms with E-state index < -0.39 is 0 Å². The number of hydrogen-bond donors (Lipinski definition) is 1. The predicted molar refractivity (Wildman–Crippen MR) is 120 cm³/mol. The molecule has 0 aromatic heterocycles. The minimum Gasteiger partial charge on any atom is -0.353 e. The third kappa shape index (κ3) is 5.92. The van der Waals surface area contributed by atoms with Crippen LogP contribution in [0.3, 0.4) is 0 Å². The van der Waals surface area contributed by atoms with Crippen LogP contribution in [0.5, 0.6) is 0 Å². The molecule has 1 N–H and O–H groups in total. The van der Waals surface area contributed by atoms with Gasteiger partial charge in [-0.3, -0.25) is 14.5 Å². The standard InChI is InChI=1S/C25H33N3O2/c1-3-27(2)24(21-12-8-5-9-13-21)25(30)28-18-16-22(17-19-28)26-23(29)15-14-20-10-6-4-7-11-20/h4-13,22,24H,3,14-19H2,1-2H3,(H,26,29). The van der Waals surface area contributed by atoms with Crippen LogP contribution < -0.4 is 5.32 Å². The Morgan fingerprint density at radius 2 is 1.63 bits per heavy atom. The molecule has 30 heavy (non-hydrogen) atoms. The average Bonchev–Trinajstić information content (AvgIpc) is 2.79. The van der Waals surface area contributed by atoms with E-state index in [-0.39, 0.29) is 23.9 Å². The van der Waals surface area contributed by atoms with Gasteiger partial charge in [0.25, 0.3) is 0 Å². The number of carbonyl (C=O) groups excluding carboxylic acids is 2. The monoisotopic (exact) mass is 407 g/mol. The minimum atomic E-state index is -0.256. The maximum atomic E-state index is 13.3. The number of likely N-dealkylation sites (tertiary alicyclic amines) is 1. The molecular weight excluding hydrogens is 374 g/mol. The number of likely N-dealkylation sites (N-methyl/N-ethyl adjacent to an activating group) is 1. The molecule has 0 saturated carbocycles. The van der Waals surface area contributed by atoms with Crippen molar-refractivity contribution in [2.75, 3.05) is 26.7 Å². The molecule has 1 aliphatic rings. The van der Waals surface area contributed by atoms with Gasteiger partial charge in [-0.05, 0) is 44.0 Å². The number of piperidine rings is 1. The molecule has 0 bridgehead atoms. The van der Waals surface area contributed by atoms with E-state index in [4.69, 9.17) is 0 Å². The van der Waals surface area contributed by atoms with Crippen LogP contribution in [0.4, 0.5) is 0 Å². The predicted octanol–water partition coefficient (Wildman–Crippen LogP) is 3.42. The number of aryl methyl sites for hydroxylation is 1. The zero-order valence-electron chi connectivity index (χ0n) is 18.1. The second kappa shape index (κ2) is 10.9. The maximum Gasteiger partial charge on any atom is 0.244 e. The van der Waals surface area contributed by atoms with Crippen molar-refractivity contribution in [3.63, 3.8) is 0 Å². The third-order valence-corrected chi connectivity index (χ3v) is 5.94. The summed E-state index contributed by atoms with van der Waals surface area (Å²) in [6.07, 6.45) is 2.87. The second-order valence-electron chi connectivity index (χ2n) is 8.04. The summed E-state index contributed by atoms with van der Waals surface area (Å²) in [5, 5.41) is 3.16. The zero-order valence-corrected chi connectivity index (χ0v) is 18.1. The molecule has 3 rings (SSSR count). The normalized spacial score (nSPS) is 15.8. The zero-order chi connectivity index (χ0) is 21.3. The van der Waals surface area contributed by atoms with Gasteiger partial charge in [0.1, 0.15) is 6.04 Å². The first-order valence-electron chi connectivity index (χ1n) is 11.0. The van der Waals surface area contributed by atoms with Crippen molar-refractivity contribution in [1.29, 1.82) is 0 Å². The van der Waals surface area contributed by atoms with Gasteiger partial charge in [0, 0.05) is 25.6 Å². The van der Waals surface area contributed by atoms with Crippen LogP contribution in [0.1, 0.15) is 43.4 Å². The summed E-state index contributed by atoms with van der Waals surface area (Å²) < 4.78 is 0. The lowest BCUT2D eigenvalue weighted by Gasteiger charge is -2.37. The summed E-state index contributed by atoms with van der Waals surface area (Å²) in [5.74, 6) is 0.246. The van der Waals surface area contributed by atoms with Gasteiger partial charge in [0.05, 0.1) is 0 Å². The number of rotatable bonds is 8. The van der Waals surface area contributed by atoms with Crippen LogP contribution in [0.15, 0.2) is 60.7 Å². The first kappa shape index (κ1) is 22.0. The quantitative estimate of drug-likeness (QED) is 0.730. The van der Waals surface area contributed by atoms with E-state index in [1.807, 2.05) is 72.6 Å². The Morgan fingerprint density at radius 1 is 1.03 bits per heavy atom. The second-order valence-corrected chi connectivity index (χ2v) is 8.04. The Balaban J connectivity index is 1.50. The van der Waals surface area contributed by atoms with Gasteiger partial charge in [-0.2, -0.15) is 0 Å². The van der Waals surface area contributed by atoms with Gasteiger partial charge in [-0.15, -0.1) is 0 Å². The van der Waals surface area contributed by atoms with E-state index in [0.29, 0.717) is 19.5 Å². The largest absolute Gasteiger partial charge is 0.353 e. The van der Waals surface area contributed by atoms with Crippen molar-refractivity contribution in [3.05, 3.63) is 71.8 Å². The van der Waals surface area contributed by atoms with Gasteiger partial charge in [0.15, 0.2) is 0 Å². The van der Waals surface area contributed by atoms with E-state index in [2.05, 4.69) is 17.1 Å². The summed E-state index contributed by atoms with van der Waals surface area (Å²) in [4.78, 5) is 29.7. The summed E-state index contributed by atoms with van der Waals surface area (Å²) in [7, 11) is 2.00. The van der Waals surface area contributed by atoms with E-state index in [9.17, 15) is 9.59 Å². The molecule has 2 aromatic carbocycles. The highest BCUT2D eigenvalue weighted by atomic mass is 16.2. The molecular formula is C25H33N3O2.